The summed E-state index contributed by atoms with van der Waals surface area (Å²) in [6.07, 6.45) is -3.94. The predicted molar refractivity (Wildman–Crippen MR) is 81.2 cm³/mol. The third-order valence-electron chi connectivity index (χ3n) is 3.80. The molecule has 1 heterocycles. The Labute approximate surface area is 138 Å². The fourth-order valence-electron chi connectivity index (χ4n) is 2.55. The van der Waals surface area contributed by atoms with Crippen LogP contribution in [0.4, 0.5) is 18.9 Å². The molecule has 8 heteroatoms. The van der Waals surface area contributed by atoms with Crippen molar-refractivity contribution in [2.24, 2.45) is 0 Å². The quantitative estimate of drug-likeness (QED) is 0.914. The number of halogens is 3. The molecule has 0 unspecified atom stereocenters. The van der Waals surface area contributed by atoms with Crippen LogP contribution < -0.4 is 5.32 Å². The second-order valence-corrected chi connectivity index (χ2v) is 5.81. The smallest absolute Gasteiger partial charge is 0.382 e. The van der Waals surface area contributed by atoms with Crippen LogP contribution in [0.25, 0.3) is 0 Å². The van der Waals surface area contributed by atoms with Crippen molar-refractivity contribution in [2.75, 3.05) is 26.0 Å². The van der Waals surface area contributed by atoms with Gasteiger partial charge in [-0.3, -0.25) is 4.79 Å². The lowest BCUT2D eigenvalue weighted by molar-refractivity contribution is -0.140. The van der Waals surface area contributed by atoms with Gasteiger partial charge in [-0.15, -0.1) is 0 Å². The normalized spacial score (nSPS) is 20.5. The van der Waals surface area contributed by atoms with E-state index in [4.69, 9.17) is 10.00 Å². The van der Waals surface area contributed by atoms with E-state index in [1.165, 1.54) is 17.0 Å². The van der Waals surface area contributed by atoms with Crippen LogP contribution in [0, 0.1) is 11.3 Å². The van der Waals surface area contributed by atoms with Gasteiger partial charge in [-0.05, 0) is 31.0 Å². The molecule has 1 amide bonds. The van der Waals surface area contributed by atoms with Gasteiger partial charge in [-0.25, -0.2) is 0 Å². The largest absolute Gasteiger partial charge is 0.417 e. The summed E-state index contributed by atoms with van der Waals surface area (Å²) in [5, 5.41) is 11.8. The molecule has 2 atom stereocenters. The van der Waals surface area contributed by atoms with Crippen molar-refractivity contribution in [1.29, 1.82) is 5.26 Å². The van der Waals surface area contributed by atoms with Gasteiger partial charge in [0, 0.05) is 26.3 Å². The van der Waals surface area contributed by atoms with E-state index in [0.29, 0.717) is 25.1 Å². The van der Waals surface area contributed by atoms with Gasteiger partial charge in [0.05, 0.1) is 23.3 Å². The van der Waals surface area contributed by atoms with Crippen LogP contribution in [0.15, 0.2) is 18.2 Å². The first-order valence-electron chi connectivity index (χ1n) is 7.44. The average molecular weight is 341 g/mol. The van der Waals surface area contributed by atoms with Crippen LogP contribution in [0.5, 0.6) is 0 Å². The van der Waals surface area contributed by atoms with Crippen LogP contribution in [-0.4, -0.2) is 43.7 Å². The zero-order chi connectivity index (χ0) is 17.9. The van der Waals surface area contributed by atoms with E-state index in [9.17, 15) is 18.0 Å². The lowest BCUT2D eigenvalue weighted by Gasteiger charge is -2.18. The van der Waals surface area contributed by atoms with Gasteiger partial charge in [-0.2, -0.15) is 18.4 Å². The minimum Gasteiger partial charge on any atom is -0.382 e. The van der Waals surface area contributed by atoms with Crippen molar-refractivity contribution in [3.05, 3.63) is 29.3 Å². The van der Waals surface area contributed by atoms with E-state index in [2.05, 4.69) is 5.32 Å². The number of ether oxygens (including phenoxy) is 1. The van der Waals surface area contributed by atoms with Crippen molar-refractivity contribution >= 4 is 11.6 Å². The van der Waals surface area contributed by atoms with Gasteiger partial charge < -0.3 is 15.0 Å². The number of likely N-dealkylation sites (N-methyl/N-ethyl adjacent to an activating group) is 1. The number of amides is 1. The highest BCUT2D eigenvalue weighted by Crippen LogP contribution is 2.33. The molecule has 0 radical (unpaired) electrons. The summed E-state index contributed by atoms with van der Waals surface area (Å²) < 4.78 is 43.9. The molecule has 0 aromatic heterocycles. The highest BCUT2D eigenvalue weighted by Gasteiger charge is 2.34. The number of hydrogen-bond donors (Lipinski definition) is 1. The molecule has 1 aliphatic rings. The summed E-state index contributed by atoms with van der Waals surface area (Å²) >= 11 is 0. The zero-order valence-electron chi connectivity index (χ0n) is 13.4. The fourth-order valence-corrected chi connectivity index (χ4v) is 2.55. The van der Waals surface area contributed by atoms with Crippen LogP contribution >= 0.6 is 0 Å². The highest BCUT2D eigenvalue weighted by atomic mass is 19.4. The maximum atomic E-state index is 12.8. The number of alkyl halides is 3. The number of benzene rings is 1. The second-order valence-electron chi connectivity index (χ2n) is 5.81. The van der Waals surface area contributed by atoms with Crippen molar-refractivity contribution in [3.63, 3.8) is 0 Å². The summed E-state index contributed by atoms with van der Waals surface area (Å²) in [5.74, 6) is -0.0983. The van der Waals surface area contributed by atoms with Crippen LogP contribution in [-0.2, 0) is 15.7 Å². The van der Waals surface area contributed by atoms with E-state index in [0.717, 1.165) is 6.07 Å². The molecule has 130 valence electrons. The summed E-state index contributed by atoms with van der Waals surface area (Å²) in [5.41, 5.74) is -0.977. The van der Waals surface area contributed by atoms with E-state index < -0.39 is 23.4 Å². The second kappa shape index (κ2) is 7.09. The SMILES string of the molecule is CN(C)C(=O)[C@@H]1CC[C@@H](CNc2ccc(C(F)(F)F)c(C#N)c2)O1. The molecule has 2 rings (SSSR count). The Balaban J connectivity index is 1.96. The standard InChI is InChI=1S/C16H18F3N3O2/c1-22(2)15(23)14-6-4-12(24-14)9-21-11-3-5-13(16(17,18)19)10(7-11)8-20/h3,5,7,12,14,21H,4,6,9H2,1-2H3/t12-,14-/m0/s1. The molecular weight excluding hydrogens is 323 g/mol. The van der Waals surface area contributed by atoms with E-state index in [1.807, 2.05) is 0 Å². The van der Waals surface area contributed by atoms with Gasteiger partial charge >= 0.3 is 6.18 Å². The maximum Gasteiger partial charge on any atom is 0.417 e. The van der Waals surface area contributed by atoms with Crippen LogP contribution in [0.1, 0.15) is 24.0 Å². The number of carbonyl (C=O) groups is 1. The minimum atomic E-state index is -4.56. The molecular formula is C16H18F3N3O2. The first kappa shape index (κ1) is 18.1. The Morgan fingerprint density at radius 2 is 2.12 bits per heavy atom. The molecule has 1 aromatic carbocycles. The van der Waals surface area contributed by atoms with Crippen molar-refractivity contribution in [1.82, 2.24) is 4.90 Å². The van der Waals surface area contributed by atoms with Crippen LogP contribution in [0.3, 0.4) is 0 Å². The maximum absolute atomic E-state index is 12.8. The first-order valence-corrected chi connectivity index (χ1v) is 7.44. The summed E-state index contributed by atoms with van der Waals surface area (Å²) in [4.78, 5) is 13.3. The third kappa shape index (κ3) is 4.17. The topological polar surface area (TPSA) is 65.4 Å². The van der Waals surface area contributed by atoms with Crippen molar-refractivity contribution in [2.45, 2.75) is 31.2 Å². The van der Waals surface area contributed by atoms with Crippen LogP contribution in [0.2, 0.25) is 0 Å². The Morgan fingerprint density at radius 1 is 1.42 bits per heavy atom. The van der Waals surface area contributed by atoms with E-state index in [1.54, 1.807) is 20.2 Å². The van der Waals surface area contributed by atoms with Gasteiger partial charge in [0.25, 0.3) is 5.91 Å². The number of anilines is 1. The number of carbonyl (C=O) groups excluding carboxylic acids is 1. The summed E-state index contributed by atoms with van der Waals surface area (Å²) in [7, 11) is 3.31. The molecule has 5 nitrogen and oxygen atoms in total. The molecule has 24 heavy (non-hydrogen) atoms. The molecule has 1 N–H and O–H groups in total. The number of nitrogens with one attached hydrogen (secondary N) is 1. The Kier molecular flexibility index (Phi) is 5.34. The number of nitrogens with zero attached hydrogens (tertiary/aromatic N) is 2. The molecule has 0 spiro atoms. The molecule has 1 saturated heterocycles. The highest BCUT2D eigenvalue weighted by molar-refractivity contribution is 5.80. The van der Waals surface area contributed by atoms with Gasteiger partial charge in [0.15, 0.2) is 0 Å². The monoisotopic (exact) mass is 341 g/mol. The molecule has 0 saturated carbocycles. The third-order valence-corrected chi connectivity index (χ3v) is 3.80. The number of rotatable bonds is 4. The lowest BCUT2D eigenvalue weighted by Crippen LogP contribution is -2.34. The molecule has 0 aliphatic carbocycles. The number of nitriles is 1. The summed E-state index contributed by atoms with van der Waals surface area (Å²) in [6, 6.07) is 4.89. The van der Waals surface area contributed by atoms with E-state index >= 15 is 0 Å². The van der Waals surface area contributed by atoms with Gasteiger partial charge in [-0.1, -0.05) is 0 Å². The van der Waals surface area contributed by atoms with Gasteiger partial charge in [0.2, 0.25) is 0 Å². The van der Waals surface area contributed by atoms with Crippen molar-refractivity contribution < 1.29 is 22.7 Å². The molecule has 1 aliphatic heterocycles. The van der Waals surface area contributed by atoms with Crippen molar-refractivity contribution in [3.8, 4) is 6.07 Å². The predicted octanol–water partition coefficient (Wildman–Crippen LogP) is 2.62. The Hall–Kier alpha value is -2.27. The Morgan fingerprint density at radius 3 is 2.71 bits per heavy atom. The van der Waals surface area contributed by atoms with E-state index in [-0.39, 0.29) is 12.0 Å². The summed E-state index contributed by atoms with van der Waals surface area (Å²) in [6.45, 7) is 0.355. The first-order chi connectivity index (χ1) is 11.2. The minimum absolute atomic E-state index is 0.0983. The van der Waals surface area contributed by atoms with Gasteiger partial charge in [0.1, 0.15) is 6.10 Å². The lowest BCUT2D eigenvalue weighted by atomic mass is 10.1. The molecule has 1 aromatic rings. The molecule has 1 fully saturated rings. The average Bonchev–Trinajstić information content (AvgIpc) is 2.99. The zero-order valence-corrected chi connectivity index (χ0v) is 13.4. The number of hydrogen-bond acceptors (Lipinski definition) is 4. The fraction of sp³-hybridized carbons (Fsp3) is 0.500. The molecule has 0 bridgehead atoms. The Bertz CT molecular complexity index is 653.